The summed E-state index contributed by atoms with van der Waals surface area (Å²) in [6, 6.07) is 0.795. The van der Waals surface area contributed by atoms with Crippen molar-refractivity contribution in [2.75, 3.05) is 32.8 Å². The molecule has 1 fully saturated rings. The molecule has 1 rings (SSSR count). The summed E-state index contributed by atoms with van der Waals surface area (Å²) in [5, 5.41) is 0. The molecule has 0 aromatic rings. The van der Waals surface area contributed by atoms with Crippen molar-refractivity contribution in [2.24, 2.45) is 5.73 Å². The fraction of sp³-hybridized carbons (Fsp3) is 1.00. The third-order valence-corrected chi connectivity index (χ3v) is 3.17. The lowest BCUT2D eigenvalue weighted by Gasteiger charge is -2.37. The van der Waals surface area contributed by atoms with Crippen molar-refractivity contribution in [1.29, 1.82) is 0 Å². The third kappa shape index (κ3) is 4.96. The maximum Gasteiger partial charge on any atom is 0.0593 e. The fourth-order valence-electron chi connectivity index (χ4n) is 1.92. The largest absolute Gasteiger partial charge is 0.380 e. The molecule has 0 aromatic heterocycles. The molecular weight excluding hydrogens is 188 g/mol. The Balaban J connectivity index is 2.03. The van der Waals surface area contributed by atoms with Gasteiger partial charge in [0.1, 0.15) is 0 Å². The van der Waals surface area contributed by atoms with E-state index in [0.29, 0.717) is 0 Å². The zero-order chi connectivity index (χ0) is 10.9. The molecule has 1 aliphatic rings. The summed E-state index contributed by atoms with van der Waals surface area (Å²) in [5.74, 6) is 0. The number of hydrogen-bond donors (Lipinski definition) is 1. The van der Waals surface area contributed by atoms with E-state index in [9.17, 15) is 0 Å². The van der Waals surface area contributed by atoms with Crippen LogP contribution in [0.4, 0.5) is 0 Å². The lowest BCUT2D eigenvalue weighted by atomic mass is 9.91. The Morgan fingerprint density at radius 2 is 2.07 bits per heavy atom. The van der Waals surface area contributed by atoms with Crippen LogP contribution >= 0.6 is 0 Å². The van der Waals surface area contributed by atoms with Gasteiger partial charge in [-0.1, -0.05) is 19.8 Å². The molecule has 0 unspecified atom stereocenters. The van der Waals surface area contributed by atoms with E-state index in [1.807, 2.05) is 0 Å². The number of hydrogen-bond acceptors (Lipinski definition) is 3. The van der Waals surface area contributed by atoms with E-state index in [1.165, 1.54) is 32.1 Å². The molecule has 90 valence electrons. The first-order chi connectivity index (χ1) is 7.38. The standard InChI is InChI=1S/C12H26N2O/c1-2-3-10-15-11-9-14(8-7-13)12-5-4-6-12/h12H,2-11,13H2,1H3. The number of rotatable bonds is 9. The first kappa shape index (κ1) is 12.9. The van der Waals surface area contributed by atoms with Crippen LogP contribution in [0.2, 0.25) is 0 Å². The maximum absolute atomic E-state index is 5.62. The van der Waals surface area contributed by atoms with Crippen LogP contribution < -0.4 is 5.73 Å². The molecule has 2 N–H and O–H groups in total. The van der Waals surface area contributed by atoms with Crippen LogP contribution in [0.15, 0.2) is 0 Å². The van der Waals surface area contributed by atoms with Gasteiger partial charge in [-0.05, 0) is 19.3 Å². The van der Waals surface area contributed by atoms with E-state index < -0.39 is 0 Å². The quantitative estimate of drug-likeness (QED) is 0.593. The Hall–Kier alpha value is -0.120. The fourth-order valence-corrected chi connectivity index (χ4v) is 1.92. The minimum atomic E-state index is 0.769. The summed E-state index contributed by atoms with van der Waals surface area (Å²) in [6.07, 6.45) is 6.50. The molecule has 0 saturated heterocycles. The first-order valence-corrected chi connectivity index (χ1v) is 6.40. The second kappa shape index (κ2) is 8.08. The number of unbranched alkanes of at least 4 members (excludes halogenated alkanes) is 1. The van der Waals surface area contributed by atoms with Crippen LogP contribution in [-0.4, -0.2) is 43.8 Å². The SMILES string of the molecule is CCCCOCCN(CCN)C1CCC1. The van der Waals surface area contributed by atoms with Crippen molar-refractivity contribution in [2.45, 2.75) is 45.1 Å². The lowest BCUT2D eigenvalue weighted by Crippen LogP contribution is -2.44. The lowest BCUT2D eigenvalue weighted by molar-refractivity contribution is 0.0650. The highest BCUT2D eigenvalue weighted by Crippen LogP contribution is 2.23. The highest BCUT2D eigenvalue weighted by molar-refractivity contribution is 4.79. The minimum Gasteiger partial charge on any atom is -0.380 e. The molecule has 0 amide bonds. The average Bonchev–Trinajstić information content (AvgIpc) is 2.15. The highest BCUT2D eigenvalue weighted by atomic mass is 16.5. The Morgan fingerprint density at radius 1 is 1.27 bits per heavy atom. The second-order valence-corrected chi connectivity index (χ2v) is 4.38. The van der Waals surface area contributed by atoms with Gasteiger partial charge >= 0.3 is 0 Å². The van der Waals surface area contributed by atoms with Gasteiger partial charge in [0.15, 0.2) is 0 Å². The van der Waals surface area contributed by atoms with Crippen LogP contribution in [0.25, 0.3) is 0 Å². The smallest absolute Gasteiger partial charge is 0.0593 e. The van der Waals surface area contributed by atoms with Gasteiger partial charge < -0.3 is 10.5 Å². The summed E-state index contributed by atoms with van der Waals surface area (Å²) in [5.41, 5.74) is 5.62. The Kier molecular flexibility index (Phi) is 6.98. The monoisotopic (exact) mass is 214 g/mol. The van der Waals surface area contributed by atoms with Gasteiger partial charge in [-0.25, -0.2) is 0 Å². The van der Waals surface area contributed by atoms with Crippen LogP contribution in [0, 0.1) is 0 Å². The van der Waals surface area contributed by atoms with Crippen molar-refractivity contribution in [3.8, 4) is 0 Å². The molecule has 0 aromatic carbocycles. The molecule has 0 aliphatic heterocycles. The molecule has 0 bridgehead atoms. The second-order valence-electron chi connectivity index (χ2n) is 4.38. The van der Waals surface area contributed by atoms with Crippen LogP contribution in [-0.2, 0) is 4.74 Å². The van der Waals surface area contributed by atoms with Gasteiger partial charge in [-0.15, -0.1) is 0 Å². The predicted octanol–water partition coefficient (Wildman–Crippen LogP) is 1.62. The molecule has 0 radical (unpaired) electrons. The molecule has 3 heteroatoms. The van der Waals surface area contributed by atoms with Gasteiger partial charge in [0, 0.05) is 32.3 Å². The van der Waals surface area contributed by atoms with Gasteiger partial charge in [0.2, 0.25) is 0 Å². The molecule has 1 saturated carbocycles. The Morgan fingerprint density at radius 3 is 2.60 bits per heavy atom. The summed E-state index contributed by atoms with van der Waals surface area (Å²) in [4.78, 5) is 2.50. The maximum atomic E-state index is 5.62. The summed E-state index contributed by atoms with van der Waals surface area (Å²) < 4.78 is 5.59. The van der Waals surface area contributed by atoms with E-state index in [0.717, 1.165) is 38.9 Å². The first-order valence-electron chi connectivity index (χ1n) is 6.40. The molecular formula is C12H26N2O. The number of ether oxygens (including phenoxy) is 1. The van der Waals surface area contributed by atoms with Crippen molar-refractivity contribution in [1.82, 2.24) is 4.90 Å². The zero-order valence-electron chi connectivity index (χ0n) is 10.1. The van der Waals surface area contributed by atoms with Crippen molar-refractivity contribution in [3.63, 3.8) is 0 Å². The normalized spacial score (nSPS) is 17.0. The zero-order valence-corrected chi connectivity index (χ0v) is 10.1. The third-order valence-electron chi connectivity index (χ3n) is 3.17. The van der Waals surface area contributed by atoms with E-state index in [2.05, 4.69) is 11.8 Å². The molecule has 0 spiro atoms. The molecule has 0 atom stereocenters. The van der Waals surface area contributed by atoms with E-state index in [4.69, 9.17) is 10.5 Å². The van der Waals surface area contributed by atoms with E-state index >= 15 is 0 Å². The van der Waals surface area contributed by atoms with Gasteiger partial charge in [0.05, 0.1) is 6.61 Å². The Bertz CT molecular complexity index is 149. The van der Waals surface area contributed by atoms with E-state index in [-0.39, 0.29) is 0 Å². The average molecular weight is 214 g/mol. The topological polar surface area (TPSA) is 38.5 Å². The highest BCUT2D eigenvalue weighted by Gasteiger charge is 2.23. The van der Waals surface area contributed by atoms with Crippen molar-refractivity contribution in [3.05, 3.63) is 0 Å². The van der Waals surface area contributed by atoms with E-state index in [1.54, 1.807) is 0 Å². The van der Waals surface area contributed by atoms with Crippen LogP contribution in [0.1, 0.15) is 39.0 Å². The number of nitrogens with zero attached hydrogens (tertiary/aromatic N) is 1. The Labute approximate surface area is 94.0 Å². The van der Waals surface area contributed by atoms with Gasteiger partial charge in [-0.3, -0.25) is 4.90 Å². The van der Waals surface area contributed by atoms with Crippen molar-refractivity contribution < 1.29 is 4.74 Å². The van der Waals surface area contributed by atoms with Gasteiger partial charge in [0.25, 0.3) is 0 Å². The molecule has 0 heterocycles. The summed E-state index contributed by atoms with van der Waals surface area (Å²) >= 11 is 0. The minimum absolute atomic E-state index is 0.769. The molecule has 15 heavy (non-hydrogen) atoms. The van der Waals surface area contributed by atoms with Crippen LogP contribution in [0.3, 0.4) is 0 Å². The van der Waals surface area contributed by atoms with Crippen LogP contribution in [0.5, 0.6) is 0 Å². The number of nitrogens with two attached hydrogens (primary N) is 1. The molecule has 3 nitrogen and oxygen atoms in total. The summed E-state index contributed by atoms with van der Waals surface area (Å²) in [6.45, 7) is 6.84. The van der Waals surface area contributed by atoms with Crippen molar-refractivity contribution >= 4 is 0 Å². The summed E-state index contributed by atoms with van der Waals surface area (Å²) in [7, 11) is 0. The molecule has 1 aliphatic carbocycles. The predicted molar refractivity (Wildman–Crippen MR) is 64.0 cm³/mol. The van der Waals surface area contributed by atoms with Gasteiger partial charge in [-0.2, -0.15) is 0 Å².